The largest absolute Gasteiger partial charge is 0.334 e. The van der Waals surface area contributed by atoms with Gasteiger partial charge in [-0.1, -0.05) is 36.4 Å². The highest BCUT2D eigenvalue weighted by molar-refractivity contribution is 6.20. The molecule has 4 rings (SSSR count). The number of hydrogen-bond donors (Lipinski definition) is 1. The van der Waals surface area contributed by atoms with Gasteiger partial charge in [0.05, 0.1) is 5.69 Å². The second-order valence-electron chi connectivity index (χ2n) is 5.82. The van der Waals surface area contributed by atoms with E-state index in [1.807, 2.05) is 42.5 Å². The number of hydrogen-bond acceptors (Lipinski definition) is 2. The summed E-state index contributed by atoms with van der Waals surface area (Å²) in [6.07, 6.45) is 2.64. The van der Waals surface area contributed by atoms with Crippen molar-refractivity contribution in [2.45, 2.75) is 25.3 Å². The van der Waals surface area contributed by atoms with E-state index in [4.69, 9.17) is 0 Å². The third kappa shape index (κ3) is 2.07. The molecule has 1 aliphatic heterocycles. The number of fused-ring (bicyclic) bond motifs is 1. The topological polar surface area (TPSA) is 49.4 Å². The van der Waals surface area contributed by atoms with Gasteiger partial charge < -0.3 is 5.32 Å². The van der Waals surface area contributed by atoms with E-state index >= 15 is 0 Å². The summed E-state index contributed by atoms with van der Waals surface area (Å²) in [5.74, 6) is 0.388. The van der Waals surface area contributed by atoms with Crippen molar-refractivity contribution >= 4 is 28.4 Å². The van der Waals surface area contributed by atoms with Crippen molar-refractivity contribution in [1.29, 1.82) is 0 Å². The molecule has 1 N–H and O–H groups in total. The highest BCUT2D eigenvalue weighted by Gasteiger charge is 2.41. The predicted molar refractivity (Wildman–Crippen MR) is 81.1 cm³/mol. The molecule has 0 radical (unpaired) electrons. The first-order valence-electron chi connectivity index (χ1n) is 7.35. The van der Waals surface area contributed by atoms with E-state index in [1.165, 1.54) is 4.90 Å². The molecule has 1 saturated carbocycles. The Bertz CT molecular complexity index is 713. The third-order valence-electron chi connectivity index (χ3n) is 4.35. The van der Waals surface area contributed by atoms with Crippen LogP contribution in [0.15, 0.2) is 42.5 Å². The molecular weight excluding hydrogens is 264 g/mol. The molecule has 1 heterocycles. The van der Waals surface area contributed by atoms with Crippen molar-refractivity contribution in [2.24, 2.45) is 5.92 Å². The van der Waals surface area contributed by atoms with Crippen LogP contribution in [0.1, 0.15) is 19.3 Å². The monoisotopic (exact) mass is 280 g/mol. The van der Waals surface area contributed by atoms with Gasteiger partial charge in [-0.05, 0) is 30.2 Å². The molecule has 0 bridgehead atoms. The lowest BCUT2D eigenvalue weighted by Crippen LogP contribution is -2.55. The Morgan fingerprint density at radius 1 is 1.00 bits per heavy atom. The molecule has 2 aliphatic rings. The molecule has 0 aromatic heterocycles. The van der Waals surface area contributed by atoms with Crippen molar-refractivity contribution in [3.63, 3.8) is 0 Å². The fourth-order valence-corrected chi connectivity index (χ4v) is 3.10. The third-order valence-corrected chi connectivity index (χ3v) is 4.35. The number of rotatable bonds is 2. The van der Waals surface area contributed by atoms with Gasteiger partial charge in [0.25, 0.3) is 0 Å². The Kier molecular flexibility index (Phi) is 2.70. The average Bonchev–Trinajstić information content (AvgIpc) is 3.31. The number of nitrogens with zero attached hydrogens (tertiary/aromatic N) is 1. The summed E-state index contributed by atoms with van der Waals surface area (Å²) in [6, 6.07) is 13.2. The molecule has 2 aromatic carbocycles. The summed E-state index contributed by atoms with van der Waals surface area (Å²) >= 11 is 0. The second kappa shape index (κ2) is 4.58. The van der Waals surface area contributed by atoms with Crippen LogP contribution < -0.4 is 10.2 Å². The maximum absolute atomic E-state index is 12.5. The first kappa shape index (κ1) is 12.4. The van der Waals surface area contributed by atoms with Gasteiger partial charge in [0.15, 0.2) is 0 Å². The number of amides is 3. The number of urea groups is 1. The minimum absolute atomic E-state index is 0.0243. The fraction of sp³-hybridized carbons (Fsp3) is 0.294. The number of benzene rings is 2. The molecule has 2 fully saturated rings. The van der Waals surface area contributed by atoms with Crippen molar-refractivity contribution < 1.29 is 9.59 Å². The van der Waals surface area contributed by atoms with Gasteiger partial charge in [0.2, 0.25) is 5.91 Å². The van der Waals surface area contributed by atoms with E-state index < -0.39 is 0 Å². The van der Waals surface area contributed by atoms with Gasteiger partial charge in [-0.15, -0.1) is 0 Å². The van der Waals surface area contributed by atoms with Crippen molar-refractivity contribution in [3.05, 3.63) is 42.5 Å². The molecule has 1 saturated heterocycles. The van der Waals surface area contributed by atoms with Crippen LogP contribution in [0.3, 0.4) is 0 Å². The molecule has 21 heavy (non-hydrogen) atoms. The molecule has 106 valence electrons. The zero-order chi connectivity index (χ0) is 14.4. The molecular formula is C17H16N2O2. The molecule has 1 unspecified atom stereocenters. The van der Waals surface area contributed by atoms with E-state index in [0.717, 1.165) is 23.6 Å². The average molecular weight is 280 g/mol. The maximum atomic E-state index is 12.5. The summed E-state index contributed by atoms with van der Waals surface area (Å²) in [4.78, 5) is 26.1. The number of imide groups is 1. The highest BCUT2D eigenvalue weighted by Crippen LogP contribution is 2.37. The maximum Gasteiger partial charge on any atom is 0.329 e. The van der Waals surface area contributed by atoms with Crippen LogP contribution >= 0.6 is 0 Å². The lowest BCUT2D eigenvalue weighted by atomic mass is 10.0. The summed E-state index contributed by atoms with van der Waals surface area (Å²) < 4.78 is 0. The summed E-state index contributed by atoms with van der Waals surface area (Å²) in [5.41, 5.74) is 0.671. The molecule has 3 amide bonds. The summed E-state index contributed by atoms with van der Waals surface area (Å²) in [7, 11) is 0. The lowest BCUT2D eigenvalue weighted by molar-refractivity contribution is -0.119. The van der Waals surface area contributed by atoms with Crippen LogP contribution in [-0.4, -0.2) is 18.0 Å². The SMILES string of the molecule is O=C1CC(C2CC2)NC(=O)N1c1cccc2ccccc12. The Morgan fingerprint density at radius 3 is 2.52 bits per heavy atom. The second-order valence-corrected chi connectivity index (χ2v) is 5.82. The van der Waals surface area contributed by atoms with Gasteiger partial charge in [-0.25, -0.2) is 9.69 Å². The molecule has 4 nitrogen and oxygen atoms in total. The number of carbonyl (C=O) groups excluding carboxylic acids is 2. The normalized spacial score (nSPS) is 22.5. The first-order chi connectivity index (χ1) is 10.2. The fourth-order valence-electron chi connectivity index (χ4n) is 3.10. The van der Waals surface area contributed by atoms with Crippen molar-refractivity contribution in [3.8, 4) is 0 Å². The Hall–Kier alpha value is -2.36. The number of anilines is 1. The van der Waals surface area contributed by atoms with Crippen LogP contribution in [-0.2, 0) is 4.79 Å². The van der Waals surface area contributed by atoms with E-state index in [2.05, 4.69) is 5.32 Å². The number of nitrogens with one attached hydrogen (secondary N) is 1. The van der Waals surface area contributed by atoms with E-state index in [0.29, 0.717) is 18.0 Å². The van der Waals surface area contributed by atoms with Gasteiger partial charge >= 0.3 is 6.03 Å². The van der Waals surface area contributed by atoms with Gasteiger partial charge in [-0.2, -0.15) is 0 Å². The Labute approximate surface area is 122 Å². The van der Waals surface area contributed by atoms with Crippen LogP contribution in [0.25, 0.3) is 10.8 Å². The zero-order valence-corrected chi connectivity index (χ0v) is 11.6. The van der Waals surface area contributed by atoms with Gasteiger partial charge in [-0.3, -0.25) is 4.79 Å². The molecule has 4 heteroatoms. The Morgan fingerprint density at radius 2 is 1.76 bits per heavy atom. The highest BCUT2D eigenvalue weighted by atomic mass is 16.2. The van der Waals surface area contributed by atoms with E-state index in [1.54, 1.807) is 0 Å². The van der Waals surface area contributed by atoms with Crippen molar-refractivity contribution in [2.75, 3.05) is 4.90 Å². The lowest BCUT2D eigenvalue weighted by Gasteiger charge is -2.32. The van der Waals surface area contributed by atoms with Crippen LogP contribution in [0.2, 0.25) is 0 Å². The minimum atomic E-state index is -0.292. The molecule has 1 atom stereocenters. The standard InChI is InChI=1S/C17H16N2O2/c20-16-10-14(12-8-9-12)18-17(21)19(16)15-7-3-5-11-4-1-2-6-13(11)15/h1-7,12,14H,8-10H2,(H,18,21). The van der Waals surface area contributed by atoms with Gasteiger partial charge in [0, 0.05) is 17.8 Å². The molecule has 2 aromatic rings. The van der Waals surface area contributed by atoms with Gasteiger partial charge in [0.1, 0.15) is 0 Å². The van der Waals surface area contributed by atoms with Crippen LogP contribution in [0.4, 0.5) is 10.5 Å². The minimum Gasteiger partial charge on any atom is -0.334 e. The van der Waals surface area contributed by atoms with E-state index in [-0.39, 0.29) is 18.0 Å². The molecule has 0 spiro atoms. The first-order valence-corrected chi connectivity index (χ1v) is 7.35. The van der Waals surface area contributed by atoms with Crippen LogP contribution in [0.5, 0.6) is 0 Å². The van der Waals surface area contributed by atoms with Crippen LogP contribution in [0, 0.1) is 5.92 Å². The summed E-state index contributed by atoms with van der Waals surface area (Å²) in [6.45, 7) is 0. The predicted octanol–water partition coefficient (Wildman–Crippen LogP) is 3.06. The zero-order valence-electron chi connectivity index (χ0n) is 11.6. The number of carbonyl (C=O) groups is 2. The summed E-state index contributed by atoms with van der Waals surface area (Å²) in [5, 5.41) is 4.94. The molecule has 1 aliphatic carbocycles. The Balaban J connectivity index is 1.74. The van der Waals surface area contributed by atoms with E-state index in [9.17, 15) is 9.59 Å². The smallest absolute Gasteiger partial charge is 0.329 e. The quantitative estimate of drug-likeness (QED) is 0.919. The van der Waals surface area contributed by atoms with Crippen molar-refractivity contribution in [1.82, 2.24) is 5.32 Å².